The lowest BCUT2D eigenvalue weighted by Gasteiger charge is -2.36. The molecule has 0 aromatic heterocycles. The Labute approximate surface area is 144 Å². The van der Waals surface area contributed by atoms with Gasteiger partial charge in [-0.05, 0) is 26.0 Å². The van der Waals surface area contributed by atoms with Crippen molar-refractivity contribution in [1.29, 1.82) is 0 Å². The maximum Gasteiger partial charge on any atom is 0.263 e. The van der Waals surface area contributed by atoms with E-state index in [-0.39, 0.29) is 5.91 Å². The van der Waals surface area contributed by atoms with Gasteiger partial charge in [-0.15, -0.1) is 0 Å². The molecule has 0 saturated carbocycles. The fourth-order valence-corrected chi connectivity index (χ4v) is 2.77. The van der Waals surface area contributed by atoms with Crippen molar-refractivity contribution in [2.75, 3.05) is 45.9 Å². The predicted octanol–water partition coefficient (Wildman–Crippen LogP) is 0.996. The molecular weight excluding hydrogens is 308 g/mol. The Morgan fingerprint density at radius 3 is 2.50 bits per heavy atom. The average molecular weight is 336 g/mol. The molecule has 1 N–H and O–H groups in total. The summed E-state index contributed by atoms with van der Waals surface area (Å²) in [6.07, 6.45) is -0.977. The van der Waals surface area contributed by atoms with E-state index in [1.807, 2.05) is 42.2 Å². The number of carbonyl (C=O) groups is 1. The number of β-amino-alcohol motifs (C(OH)–C–C–N with tert-alkyl or cyclic N) is 1. The molecule has 6 heteroatoms. The molecular formula is C18H28N2O4. The van der Waals surface area contributed by atoms with E-state index >= 15 is 0 Å². The SMILES string of the molecule is CCOC[C@@H](O)CN1CCN(C(=O)[C@H](C)Oc2ccccc2)CC1. The van der Waals surface area contributed by atoms with E-state index in [9.17, 15) is 9.90 Å². The molecule has 1 aliphatic rings. The summed E-state index contributed by atoms with van der Waals surface area (Å²) < 4.78 is 10.9. The van der Waals surface area contributed by atoms with Gasteiger partial charge in [0.2, 0.25) is 0 Å². The third-order valence-electron chi connectivity index (χ3n) is 4.07. The fourth-order valence-electron chi connectivity index (χ4n) is 2.77. The quantitative estimate of drug-likeness (QED) is 0.767. The zero-order chi connectivity index (χ0) is 17.4. The van der Waals surface area contributed by atoms with Crippen molar-refractivity contribution < 1.29 is 19.4 Å². The van der Waals surface area contributed by atoms with Gasteiger partial charge in [-0.2, -0.15) is 0 Å². The number of nitrogens with zero attached hydrogens (tertiary/aromatic N) is 2. The molecule has 6 nitrogen and oxygen atoms in total. The fraction of sp³-hybridized carbons (Fsp3) is 0.611. The third-order valence-corrected chi connectivity index (χ3v) is 4.07. The summed E-state index contributed by atoms with van der Waals surface area (Å²) in [7, 11) is 0. The third kappa shape index (κ3) is 5.78. The molecule has 1 amide bonds. The first-order valence-electron chi connectivity index (χ1n) is 8.58. The highest BCUT2D eigenvalue weighted by molar-refractivity contribution is 5.81. The van der Waals surface area contributed by atoms with Crippen molar-refractivity contribution in [2.24, 2.45) is 0 Å². The molecule has 2 atom stereocenters. The highest BCUT2D eigenvalue weighted by Crippen LogP contribution is 2.13. The van der Waals surface area contributed by atoms with Crippen LogP contribution >= 0.6 is 0 Å². The van der Waals surface area contributed by atoms with Crippen LogP contribution in [0.4, 0.5) is 0 Å². The molecule has 1 aromatic rings. The van der Waals surface area contributed by atoms with Crippen LogP contribution in [0.5, 0.6) is 5.75 Å². The standard InChI is InChI=1S/C18H28N2O4/c1-3-23-14-16(21)13-19-9-11-20(12-10-19)18(22)15(2)24-17-7-5-4-6-8-17/h4-8,15-16,21H,3,9-14H2,1-2H3/t15-,16-/m0/s1. The molecule has 24 heavy (non-hydrogen) atoms. The van der Waals surface area contributed by atoms with Crippen LogP contribution < -0.4 is 4.74 Å². The summed E-state index contributed by atoms with van der Waals surface area (Å²) >= 11 is 0. The first-order valence-corrected chi connectivity index (χ1v) is 8.58. The van der Waals surface area contributed by atoms with E-state index in [1.165, 1.54) is 0 Å². The van der Waals surface area contributed by atoms with Crippen LogP contribution in [0.25, 0.3) is 0 Å². The van der Waals surface area contributed by atoms with Gasteiger partial charge in [0.25, 0.3) is 5.91 Å². The van der Waals surface area contributed by atoms with Crippen LogP contribution in [-0.2, 0) is 9.53 Å². The van der Waals surface area contributed by atoms with Crippen LogP contribution in [0.15, 0.2) is 30.3 Å². The average Bonchev–Trinajstić information content (AvgIpc) is 2.61. The Kier molecular flexibility index (Phi) is 7.49. The van der Waals surface area contributed by atoms with Gasteiger partial charge in [0.15, 0.2) is 6.10 Å². The number of hydrogen-bond donors (Lipinski definition) is 1. The first kappa shape index (κ1) is 18.7. The molecule has 134 valence electrons. The maximum absolute atomic E-state index is 12.5. The second-order valence-electron chi connectivity index (χ2n) is 6.01. The van der Waals surface area contributed by atoms with Crippen LogP contribution in [-0.4, -0.2) is 79.0 Å². The van der Waals surface area contributed by atoms with Crippen LogP contribution in [0.3, 0.4) is 0 Å². The van der Waals surface area contributed by atoms with Gasteiger partial charge >= 0.3 is 0 Å². The van der Waals surface area contributed by atoms with E-state index in [0.717, 1.165) is 13.1 Å². The van der Waals surface area contributed by atoms with Crippen molar-refractivity contribution in [3.63, 3.8) is 0 Å². The number of aliphatic hydroxyl groups excluding tert-OH is 1. The van der Waals surface area contributed by atoms with Crippen molar-refractivity contribution in [3.8, 4) is 5.75 Å². The van der Waals surface area contributed by atoms with Crippen molar-refractivity contribution in [3.05, 3.63) is 30.3 Å². The highest BCUT2D eigenvalue weighted by atomic mass is 16.5. The zero-order valence-electron chi connectivity index (χ0n) is 14.6. The second kappa shape index (κ2) is 9.61. The van der Waals surface area contributed by atoms with E-state index < -0.39 is 12.2 Å². The topological polar surface area (TPSA) is 62.2 Å². The Morgan fingerprint density at radius 1 is 1.21 bits per heavy atom. The summed E-state index contributed by atoms with van der Waals surface area (Å²) in [6, 6.07) is 9.39. The molecule has 0 unspecified atom stereocenters. The summed E-state index contributed by atoms with van der Waals surface area (Å²) in [5, 5.41) is 9.89. The van der Waals surface area contributed by atoms with E-state index in [2.05, 4.69) is 4.90 Å². The Balaban J connectivity index is 1.74. The van der Waals surface area contributed by atoms with Crippen molar-refractivity contribution in [2.45, 2.75) is 26.1 Å². The minimum absolute atomic E-state index is 0.00775. The molecule has 1 heterocycles. The van der Waals surface area contributed by atoms with Gasteiger partial charge in [0.1, 0.15) is 5.75 Å². The number of para-hydroxylation sites is 1. The minimum atomic E-state index is -0.498. The Bertz CT molecular complexity index is 489. The minimum Gasteiger partial charge on any atom is -0.481 e. The maximum atomic E-state index is 12.5. The smallest absolute Gasteiger partial charge is 0.263 e. The number of aliphatic hydroxyl groups is 1. The zero-order valence-corrected chi connectivity index (χ0v) is 14.6. The number of hydrogen-bond acceptors (Lipinski definition) is 5. The summed E-state index contributed by atoms with van der Waals surface area (Å²) in [4.78, 5) is 16.5. The van der Waals surface area contributed by atoms with Crippen LogP contribution in [0, 0.1) is 0 Å². The summed E-state index contributed by atoms with van der Waals surface area (Å²) in [5.74, 6) is 0.712. The van der Waals surface area contributed by atoms with E-state index in [0.29, 0.717) is 38.6 Å². The highest BCUT2D eigenvalue weighted by Gasteiger charge is 2.26. The van der Waals surface area contributed by atoms with E-state index in [1.54, 1.807) is 6.92 Å². The lowest BCUT2D eigenvalue weighted by molar-refractivity contribution is -0.140. The Morgan fingerprint density at radius 2 is 1.88 bits per heavy atom. The lowest BCUT2D eigenvalue weighted by Crippen LogP contribution is -2.53. The molecule has 0 radical (unpaired) electrons. The van der Waals surface area contributed by atoms with Crippen LogP contribution in [0.2, 0.25) is 0 Å². The first-order chi connectivity index (χ1) is 11.6. The number of piperazine rings is 1. The molecule has 1 aliphatic heterocycles. The molecule has 0 spiro atoms. The lowest BCUT2D eigenvalue weighted by atomic mass is 10.2. The number of benzene rings is 1. The van der Waals surface area contributed by atoms with Crippen molar-refractivity contribution in [1.82, 2.24) is 9.80 Å². The molecule has 1 aromatic carbocycles. The van der Waals surface area contributed by atoms with Crippen LogP contribution in [0.1, 0.15) is 13.8 Å². The normalized spacial score (nSPS) is 18.2. The van der Waals surface area contributed by atoms with E-state index in [4.69, 9.17) is 9.47 Å². The molecule has 0 aliphatic carbocycles. The second-order valence-corrected chi connectivity index (χ2v) is 6.01. The summed E-state index contributed by atoms with van der Waals surface area (Å²) in [6.45, 7) is 8.07. The van der Waals surface area contributed by atoms with Gasteiger partial charge < -0.3 is 19.5 Å². The predicted molar refractivity (Wildman–Crippen MR) is 92.1 cm³/mol. The molecule has 2 rings (SSSR count). The van der Waals surface area contributed by atoms with Gasteiger partial charge in [0, 0.05) is 39.3 Å². The van der Waals surface area contributed by atoms with Gasteiger partial charge in [-0.25, -0.2) is 0 Å². The number of carbonyl (C=O) groups excluding carboxylic acids is 1. The monoisotopic (exact) mass is 336 g/mol. The number of rotatable bonds is 8. The van der Waals surface area contributed by atoms with Crippen molar-refractivity contribution >= 4 is 5.91 Å². The number of amides is 1. The molecule has 0 bridgehead atoms. The largest absolute Gasteiger partial charge is 0.481 e. The van der Waals surface area contributed by atoms with Gasteiger partial charge in [-0.1, -0.05) is 18.2 Å². The van der Waals surface area contributed by atoms with Gasteiger partial charge in [0.05, 0.1) is 12.7 Å². The number of ether oxygens (including phenoxy) is 2. The van der Waals surface area contributed by atoms with Gasteiger partial charge in [-0.3, -0.25) is 9.69 Å². The summed E-state index contributed by atoms with van der Waals surface area (Å²) in [5.41, 5.74) is 0. The molecule has 1 saturated heterocycles. The molecule has 1 fully saturated rings. The Hall–Kier alpha value is -1.63.